The second-order valence-electron chi connectivity index (χ2n) is 4.50. The molecule has 1 aromatic rings. The van der Waals surface area contributed by atoms with Gasteiger partial charge in [0.1, 0.15) is 5.78 Å². The Morgan fingerprint density at radius 2 is 1.88 bits per heavy atom. The molecule has 2 heteroatoms. The Hall–Kier alpha value is -1.15. The van der Waals surface area contributed by atoms with E-state index in [9.17, 15) is 4.79 Å². The maximum absolute atomic E-state index is 11.0. The maximum atomic E-state index is 11.0. The van der Waals surface area contributed by atoms with Gasteiger partial charge in [0.2, 0.25) is 0 Å². The Balaban J connectivity index is 2.54. The molecule has 0 spiro atoms. The van der Waals surface area contributed by atoms with E-state index in [4.69, 9.17) is 0 Å². The van der Waals surface area contributed by atoms with Crippen LogP contribution in [0, 0.1) is 0 Å². The van der Waals surface area contributed by atoms with Crippen molar-refractivity contribution in [2.75, 3.05) is 6.54 Å². The Kier molecular flexibility index (Phi) is 5.20. The molecule has 0 aromatic heterocycles. The molecule has 0 aliphatic rings. The van der Waals surface area contributed by atoms with Crippen LogP contribution in [0.15, 0.2) is 30.3 Å². The lowest BCUT2D eigenvalue weighted by atomic mass is 10.1. The first-order valence-corrected chi connectivity index (χ1v) is 5.87. The largest absolute Gasteiger partial charge is 0.300 e. The number of ketones is 1. The molecule has 0 amide bonds. The number of nitrogens with zero attached hydrogens (tertiary/aromatic N) is 1. The van der Waals surface area contributed by atoms with E-state index in [-0.39, 0.29) is 5.78 Å². The molecule has 2 nitrogen and oxygen atoms in total. The van der Waals surface area contributed by atoms with E-state index in [0.29, 0.717) is 12.5 Å². The summed E-state index contributed by atoms with van der Waals surface area (Å²) < 4.78 is 0. The predicted molar refractivity (Wildman–Crippen MR) is 67.3 cm³/mol. The number of hydrogen-bond acceptors (Lipinski definition) is 2. The molecule has 1 aromatic carbocycles. The molecule has 88 valence electrons. The van der Waals surface area contributed by atoms with Gasteiger partial charge in [0, 0.05) is 25.6 Å². The molecule has 0 atom stereocenters. The van der Waals surface area contributed by atoms with Crippen LogP contribution in [0.5, 0.6) is 0 Å². The lowest BCUT2D eigenvalue weighted by Gasteiger charge is -2.26. The normalized spacial score (nSPS) is 11.1. The van der Waals surface area contributed by atoms with Crippen molar-refractivity contribution >= 4 is 5.78 Å². The zero-order valence-corrected chi connectivity index (χ0v) is 10.4. The van der Waals surface area contributed by atoms with E-state index >= 15 is 0 Å². The summed E-state index contributed by atoms with van der Waals surface area (Å²) in [4.78, 5) is 13.3. The molecule has 0 aliphatic heterocycles. The minimum absolute atomic E-state index is 0.263. The molecule has 0 heterocycles. The lowest BCUT2D eigenvalue weighted by molar-refractivity contribution is -0.117. The van der Waals surface area contributed by atoms with E-state index in [1.54, 1.807) is 6.92 Å². The number of carbonyl (C=O) groups excluding carboxylic acids is 1. The van der Waals surface area contributed by atoms with Crippen LogP contribution in [0.4, 0.5) is 0 Å². The van der Waals surface area contributed by atoms with Crippen LogP contribution in [0.1, 0.15) is 32.8 Å². The molecule has 16 heavy (non-hydrogen) atoms. The first-order valence-electron chi connectivity index (χ1n) is 5.87. The highest BCUT2D eigenvalue weighted by molar-refractivity contribution is 5.75. The highest BCUT2D eigenvalue weighted by Gasteiger charge is 2.10. The van der Waals surface area contributed by atoms with Gasteiger partial charge < -0.3 is 0 Å². The van der Waals surface area contributed by atoms with Gasteiger partial charge >= 0.3 is 0 Å². The summed E-state index contributed by atoms with van der Waals surface area (Å²) in [6.07, 6.45) is 0.644. The predicted octanol–water partition coefficient (Wildman–Crippen LogP) is 2.88. The topological polar surface area (TPSA) is 20.3 Å². The zero-order chi connectivity index (χ0) is 12.0. The molecule has 0 saturated heterocycles. The summed E-state index contributed by atoms with van der Waals surface area (Å²) in [5, 5.41) is 0. The monoisotopic (exact) mass is 219 g/mol. The molecule has 0 bridgehead atoms. The van der Waals surface area contributed by atoms with Crippen LogP contribution < -0.4 is 0 Å². The van der Waals surface area contributed by atoms with Gasteiger partial charge in [-0.2, -0.15) is 0 Å². The fourth-order valence-electron chi connectivity index (χ4n) is 1.64. The Labute approximate surface area is 98.3 Å². The van der Waals surface area contributed by atoms with Crippen molar-refractivity contribution in [2.24, 2.45) is 0 Å². The van der Waals surface area contributed by atoms with E-state index in [1.165, 1.54) is 5.56 Å². The van der Waals surface area contributed by atoms with Crippen molar-refractivity contribution in [1.82, 2.24) is 4.90 Å². The summed E-state index contributed by atoms with van der Waals surface area (Å²) in [5.74, 6) is 0.263. The van der Waals surface area contributed by atoms with Crippen LogP contribution >= 0.6 is 0 Å². The Bertz CT molecular complexity index is 319. The summed E-state index contributed by atoms with van der Waals surface area (Å²) in [6.45, 7) is 7.76. The van der Waals surface area contributed by atoms with Gasteiger partial charge in [-0.15, -0.1) is 0 Å². The number of Topliss-reactive ketones (excluding diaryl/α,β-unsaturated/α-hetero) is 1. The molecule has 0 aliphatic carbocycles. The van der Waals surface area contributed by atoms with Crippen molar-refractivity contribution in [3.8, 4) is 0 Å². The molecular formula is C14H21NO. The van der Waals surface area contributed by atoms with Gasteiger partial charge in [-0.25, -0.2) is 0 Å². The summed E-state index contributed by atoms with van der Waals surface area (Å²) in [6, 6.07) is 10.9. The van der Waals surface area contributed by atoms with E-state index in [0.717, 1.165) is 13.1 Å². The average Bonchev–Trinajstić information content (AvgIpc) is 2.25. The fraction of sp³-hybridized carbons (Fsp3) is 0.500. The number of benzene rings is 1. The van der Waals surface area contributed by atoms with Crippen LogP contribution in [-0.4, -0.2) is 23.3 Å². The second-order valence-corrected chi connectivity index (χ2v) is 4.50. The second kappa shape index (κ2) is 6.44. The maximum Gasteiger partial charge on any atom is 0.131 e. The van der Waals surface area contributed by atoms with Crippen LogP contribution in [0.25, 0.3) is 0 Å². The average molecular weight is 219 g/mol. The fourth-order valence-corrected chi connectivity index (χ4v) is 1.64. The summed E-state index contributed by atoms with van der Waals surface area (Å²) >= 11 is 0. The Morgan fingerprint density at radius 1 is 1.25 bits per heavy atom. The van der Waals surface area contributed by atoms with Crippen molar-refractivity contribution in [3.05, 3.63) is 35.9 Å². The van der Waals surface area contributed by atoms with Gasteiger partial charge in [-0.1, -0.05) is 30.3 Å². The number of rotatable bonds is 6. The van der Waals surface area contributed by atoms with Crippen molar-refractivity contribution in [1.29, 1.82) is 0 Å². The van der Waals surface area contributed by atoms with Gasteiger partial charge in [0.05, 0.1) is 0 Å². The highest BCUT2D eigenvalue weighted by Crippen LogP contribution is 2.08. The van der Waals surface area contributed by atoms with Crippen LogP contribution in [0.3, 0.4) is 0 Å². The van der Waals surface area contributed by atoms with Crippen LogP contribution in [0.2, 0.25) is 0 Å². The number of hydrogen-bond donors (Lipinski definition) is 0. The quantitative estimate of drug-likeness (QED) is 0.733. The smallest absolute Gasteiger partial charge is 0.131 e. The number of carbonyl (C=O) groups is 1. The third-order valence-corrected chi connectivity index (χ3v) is 2.71. The molecule has 0 radical (unpaired) electrons. The minimum atomic E-state index is 0.263. The van der Waals surface area contributed by atoms with E-state index in [1.807, 2.05) is 6.07 Å². The SMILES string of the molecule is CC(=O)CCN(Cc1ccccc1)C(C)C. The van der Waals surface area contributed by atoms with Crippen molar-refractivity contribution in [3.63, 3.8) is 0 Å². The standard InChI is InChI=1S/C14H21NO/c1-12(2)15(10-9-13(3)16)11-14-7-5-4-6-8-14/h4-8,12H,9-11H2,1-3H3. The van der Waals surface area contributed by atoms with E-state index < -0.39 is 0 Å². The third kappa shape index (κ3) is 4.58. The highest BCUT2D eigenvalue weighted by atomic mass is 16.1. The summed E-state index contributed by atoms with van der Waals surface area (Å²) in [5.41, 5.74) is 1.31. The first kappa shape index (κ1) is 12.9. The summed E-state index contributed by atoms with van der Waals surface area (Å²) in [7, 11) is 0. The van der Waals surface area contributed by atoms with Gasteiger partial charge in [-0.3, -0.25) is 9.69 Å². The van der Waals surface area contributed by atoms with E-state index in [2.05, 4.69) is 43.0 Å². The molecule has 0 fully saturated rings. The molecule has 1 rings (SSSR count). The van der Waals surface area contributed by atoms with Gasteiger partial charge in [0.15, 0.2) is 0 Å². The lowest BCUT2D eigenvalue weighted by Crippen LogP contribution is -2.32. The minimum Gasteiger partial charge on any atom is -0.300 e. The zero-order valence-electron chi connectivity index (χ0n) is 10.4. The van der Waals surface area contributed by atoms with Gasteiger partial charge in [-0.05, 0) is 26.3 Å². The molecular weight excluding hydrogens is 198 g/mol. The van der Waals surface area contributed by atoms with Crippen molar-refractivity contribution < 1.29 is 4.79 Å². The van der Waals surface area contributed by atoms with Gasteiger partial charge in [0.25, 0.3) is 0 Å². The van der Waals surface area contributed by atoms with Crippen LogP contribution in [-0.2, 0) is 11.3 Å². The first-order chi connectivity index (χ1) is 7.59. The molecule has 0 saturated carbocycles. The molecule has 0 N–H and O–H groups in total. The van der Waals surface area contributed by atoms with Crippen molar-refractivity contribution in [2.45, 2.75) is 39.8 Å². The Morgan fingerprint density at radius 3 is 2.38 bits per heavy atom. The molecule has 0 unspecified atom stereocenters. The third-order valence-electron chi connectivity index (χ3n) is 2.71.